The molecule has 0 N–H and O–H groups in total. The van der Waals surface area contributed by atoms with Crippen LogP contribution in [0.5, 0.6) is 0 Å². The number of rotatable bonds is 7. The van der Waals surface area contributed by atoms with Crippen molar-refractivity contribution < 1.29 is 9.47 Å². The fourth-order valence-corrected chi connectivity index (χ4v) is 2.72. The molecule has 1 aromatic carbocycles. The summed E-state index contributed by atoms with van der Waals surface area (Å²) in [5.41, 5.74) is 4.04. The molecule has 0 amide bonds. The second kappa shape index (κ2) is 6.84. The van der Waals surface area contributed by atoms with E-state index in [-0.39, 0.29) is 6.29 Å². The van der Waals surface area contributed by atoms with Crippen LogP contribution in [0.4, 0.5) is 5.69 Å². The van der Waals surface area contributed by atoms with Gasteiger partial charge in [0.05, 0.1) is 22.4 Å². The third-order valence-electron chi connectivity index (χ3n) is 2.88. The van der Waals surface area contributed by atoms with E-state index in [9.17, 15) is 0 Å². The molecule has 2 rings (SSSR count). The molecule has 2 aromatic rings. The molecular formula is C14H20N2O2S. The third-order valence-corrected chi connectivity index (χ3v) is 3.67. The summed E-state index contributed by atoms with van der Waals surface area (Å²) in [6, 6.07) is 6.23. The highest BCUT2D eigenvalue weighted by Crippen LogP contribution is 2.27. The number of hydrogen-bond acceptors (Lipinski definition) is 5. The number of thiazole rings is 1. The summed E-state index contributed by atoms with van der Waals surface area (Å²) >= 11 is 1.66. The van der Waals surface area contributed by atoms with Gasteiger partial charge < -0.3 is 14.4 Å². The minimum absolute atomic E-state index is 0.200. The SMILES string of the molecule is CCOC(CN(C)c1cccc2scnc12)OCC. The molecule has 0 aliphatic carbocycles. The Balaban J connectivity index is 2.14. The number of fused-ring (bicyclic) bond motifs is 1. The molecule has 0 aliphatic heterocycles. The maximum absolute atomic E-state index is 5.59. The number of aromatic nitrogens is 1. The quantitative estimate of drug-likeness (QED) is 0.730. The summed E-state index contributed by atoms with van der Waals surface area (Å²) in [5.74, 6) is 0. The predicted octanol–water partition coefficient (Wildman–Crippen LogP) is 3.13. The highest BCUT2D eigenvalue weighted by Gasteiger charge is 2.14. The van der Waals surface area contributed by atoms with E-state index in [0.717, 1.165) is 11.2 Å². The third kappa shape index (κ3) is 3.43. The first-order valence-corrected chi connectivity index (χ1v) is 7.40. The lowest BCUT2D eigenvalue weighted by molar-refractivity contribution is -0.129. The van der Waals surface area contributed by atoms with Crippen LogP contribution in [0.25, 0.3) is 10.2 Å². The first-order valence-electron chi connectivity index (χ1n) is 6.52. The van der Waals surface area contributed by atoms with Gasteiger partial charge >= 0.3 is 0 Å². The minimum Gasteiger partial charge on any atom is -0.368 e. The highest BCUT2D eigenvalue weighted by molar-refractivity contribution is 7.16. The summed E-state index contributed by atoms with van der Waals surface area (Å²) in [4.78, 5) is 6.57. The summed E-state index contributed by atoms with van der Waals surface area (Å²) in [6.07, 6.45) is -0.200. The number of hydrogen-bond donors (Lipinski definition) is 0. The maximum Gasteiger partial charge on any atom is 0.174 e. The van der Waals surface area contributed by atoms with Gasteiger partial charge in [-0.25, -0.2) is 4.98 Å². The molecule has 0 saturated heterocycles. The van der Waals surface area contributed by atoms with E-state index >= 15 is 0 Å². The number of benzene rings is 1. The number of nitrogens with zero attached hydrogens (tertiary/aromatic N) is 2. The van der Waals surface area contributed by atoms with Crippen LogP contribution < -0.4 is 4.90 Å². The average Bonchev–Trinajstić information content (AvgIpc) is 2.87. The van der Waals surface area contributed by atoms with Gasteiger partial charge in [-0.3, -0.25) is 0 Å². The lowest BCUT2D eigenvalue weighted by Gasteiger charge is -2.25. The molecule has 0 bridgehead atoms. The van der Waals surface area contributed by atoms with E-state index in [1.165, 1.54) is 4.70 Å². The van der Waals surface area contributed by atoms with E-state index < -0.39 is 0 Å². The van der Waals surface area contributed by atoms with Crippen LogP contribution in [0, 0.1) is 0 Å². The van der Waals surface area contributed by atoms with Crippen molar-refractivity contribution in [2.45, 2.75) is 20.1 Å². The lowest BCUT2D eigenvalue weighted by Crippen LogP contribution is -2.33. The Bertz CT molecular complexity index is 509. The molecule has 19 heavy (non-hydrogen) atoms. The molecule has 0 saturated carbocycles. The molecule has 104 valence electrons. The van der Waals surface area contributed by atoms with Crippen molar-refractivity contribution in [1.82, 2.24) is 4.98 Å². The van der Waals surface area contributed by atoms with Gasteiger partial charge in [-0.15, -0.1) is 11.3 Å². The minimum atomic E-state index is -0.200. The molecule has 5 heteroatoms. The summed E-state index contributed by atoms with van der Waals surface area (Å²) in [5, 5.41) is 0. The topological polar surface area (TPSA) is 34.6 Å². The van der Waals surface area contributed by atoms with E-state index in [0.29, 0.717) is 19.8 Å². The summed E-state index contributed by atoms with van der Waals surface area (Å²) in [6.45, 7) is 5.96. The fourth-order valence-electron chi connectivity index (χ4n) is 2.03. The van der Waals surface area contributed by atoms with Crippen molar-refractivity contribution in [3.8, 4) is 0 Å². The smallest absolute Gasteiger partial charge is 0.174 e. The lowest BCUT2D eigenvalue weighted by atomic mass is 10.2. The highest BCUT2D eigenvalue weighted by atomic mass is 32.1. The standard InChI is InChI=1S/C14H20N2O2S/c1-4-17-13(18-5-2)9-16(3)11-7-6-8-12-14(11)15-10-19-12/h6-8,10,13H,4-5,9H2,1-3H3. The van der Waals surface area contributed by atoms with Gasteiger partial charge in [0.15, 0.2) is 6.29 Å². The zero-order valence-electron chi connectivity index (χ0n) is 11.6. The van der Waals surface area contributed by atoms with Crippen LogP contribution in [0.3, 0.4) is 0 Å². The Hall–Kier alpha value is -1.17. The van der Waals surface area contributed by atoms with Crippen molar-refractivity contribution in [3.63, 3.8) is 0 Å². The normalized spacial score (nSPS) is 11.4. The average molecular weight is 280 g/mol. The van der Waals surface area contributed by atoms with Crippen molar-refractivity contribution in [3.05, 3.63) is 23.7 Å². The van der Waals surface area contributed by atoms with Crippen molar-refractivity contribution in [2.24, 2.45) is 0 Å². The largest absolute Gasteiger partial charge is 0.368 e. The molecule has 4 nitrogen and oxygen atoms in total. The first kappa shape index (κ1) is 14.2. The fraction of sp³-hybridized carbons (Fsp3) is 0.500. The van der Waals surface area contributed by atoms with Crippen LogP contribution in [-0.4, -0.2) is 38.1 Å². The van der Waals surface area contributed by atoms with Gasteiger partial charge in [0.1, 0.15) is 5.52 Å². The van der Waals surface area contributed by atoms with Gasteiger partial charge in [-0.05, 0) is 26.0 Å². The van der Waals surface area contributed by atoms with Gasteiger partial charge in [-0.1, -0.05) is 6.07 Å². The Morgan fingerprint density at radius 2 is 2.00 bits per heavy atom. The van der Waals surface area contributed by atoms with Crippen molar-refractivity contribution in [2.75, 3.05) is 31.7 Å². The van der Waals surface area contributed by atoms with Gasteiger partial charge in [0.25, 0.3) is 0 Å². The zero-order valence-corrected chi connectivity index (χ0v) is 12.4. The van der Waals surface area contributed by atoms with Gasteiger partial charge in [0.2, 0.25) is 0 Å². The van der Waals surface area contributed by atoms with Crippen molar-refractivity contribution in [1.29, 1.82) is 0 Å². The number of likely N-dealkylation sites (N-methyl/N-ethyl adjacent to an activating group) is 1. The van der Waals surface area contributed by atoms with E-state index in [4.69, 9.17) is 9.47 Å². The second-order valence-electron chi connectivity index (χ2n) is 4.20. The predicted molar refractivity (Wildman–Crippen MR) is 79.9 cm³/mol. The Morgan fingerprint density at radius 3 is 2.68 bits per heavy atom. The molecule has 0 spiro atoms. The van der Waals surface area contributed by atoms with E-state index in [1.807, 2.05) is 26.4 Å². The van der Waals surface area contributed by atoms with Crippen LogP contribution in [-0.2, 0) is 9.47 Å². The van der Waals surface area contributed by atoms with E-state index in [2.05, 4.69) is 28.1 Å². The van der Waals surface area contributed by atoms with Crippen LogP contribution in [0.1, 0.15) is 13.8 Å². The molecule has 0 radical (unpaired) electrons. The molecule has 0 atom stereocenters. The first-order chi connectivity index (χ1) is 9.26. The zero-order chi connectivity index (χ0) is 13.7. The molecule has 0 fully saturated rings. The summed E-state index contributed by atoms with van der Waals surface area (Å²) < 4.78 is 12.4. The van der Waals surface area contributed by atoms with Crippen LogP contribution in [0.2, 0.25) is 0 Å². The Labute approximate surface area is 118 Å². The molecular weight excluding hydrogens is 260 g/mol. The van der Waals surface area contributed by atoms with Crippen LogP contribution in [0.15, 0.2) is 23.7 Å². The van der Waals surface area contributed by atoms with Gasteiger partial charge in [-0.2, -0.15) is 0 Å². The maximum atomic E-state index is 5.59. The number of ether oxygens (including phenoxy) is 2. The van der Waals surface area contributed by atoms with Crippen LogP contribution >= 0.6 is 11.3 Å². The summed E-state index contributed by atoms with van der Waals surface area (Å²) in [7, 11) is 2.04. The Morgan fingerprint density at radius 1 is 1.26 bits per heavy atom. The van der Waals surface area contributed by atoms with Crippen molar-refractivity contribution >= 4 is 27.2 Å². The molecule has 1 heterocycles. The van der Waals surface area contributed by atoms with E-state index in [1.54, 1.807) is 11.3 Å². The number of anilines is 1. The molecule has 1 aromatic heterocycles. The van der Waals surface area contributed by atoms with Gasteiger partial charge in [0, 0.05) is 20.3 Å². The monoisotopic (exact) mass is 280 g/mol. The molecule has 0 aliphatic rings. The second-order valence-corrected chi connectivity index (χ2v) is 5.08. The number of para-hydroxylation sites is 1. The molecule has 0 unspecified atom stereocenters. The Kier molecular flexibility index (Phi) is 5.13.